The van der Waals surface area contributed by atoms with Gasteiger partial charge in [0.25, 0.3) is 0 Å². The highest BCUT2D eigenvalue weighted by molar-refractivity contribution is 5.98. The fraction of sp³-hybridized carbons (Fsp3) is 0.692. The molecule has 0 saturated heterocycles. The highest BCUT2D eigenvalue weighted by Gasteiger charge is 2.30. The molecule has 0 unspecified atom stereocenters. The van der Waals surface area contributed by atoms with E-state index >= 15 is 0 Å². The van der Waals surface area contributed by atoms with Gasteiger partial charge in [-0.2, -0.15) is 5.10 Å². The van der Waals surface area contributed by atoms with Crippen molar-refractivity contribution in [3.05, 3.63) is 11.9 Å². The number of aryl methyl sites for hydroxylation is 1. The largest absolute Gasteiger partial charge is 0.493 e. The number of nitrogens with zero attached hydrogens (tertiary/aromatic N) is 2. The van der Waals surface area contributed by atoms with Crippen LogP contribution in [0.25, 0.3) is 0 Å². The van der Waals surface area contributed by atoms with Crippen LogP contribution in [0.2, 0.25) is 0 Å². The molecular weight excluding hydrogens is 230 g/mol. The number of hydrogen-bond donors (Lipinski definition) is 1. The van der Waals surface area contributed by atoms with Crippen LogP contribution < -0.4 is 10.5 Å². The first-order chi connectivity index (χ1) is 8.67. The molecular formula is C13H21N3O2. The second kappa shape index (κ2) is 5.52. The fourth-order valence-corrected chi connectivity index (χ4v) is 2.70. The lowest BCUT2D eigenvalue weighted by atomic mass is 9.79. The molecule has 0 bridgehead atoms. The Kier molecular flexibility index (Phi) is 4.01. The third-order valence-electron chi connectivity index (χ3n) is 3.91. The average Bonchev–Trinajstić information content (AvgIpc) is 2.79. The van der Waals surface area contributed by atoms with Crippen LogP contribution in [-0.2, 0) is 7.05 Å². The van der Waals surface area contributed by atoms with Gasteiger partial charge in [0.05, 0.1) is 13.3 Å². The first-order valence-corrected chi connectivity index (χ1v) is 6.47. The van der Waals surface area contributed by atoms with E-state index in [9.17, 15) is 4.79 Å². The normalized spacial score (nSPS) is 23.9. The highest BCUT2D eigenvalue weighted by Crippen LogP contribution is 2.32. The van der Waals surface area contributed by atoms with Crippen molar-refractivity contribution in [2.75, 3.05) is 13.7 Å². The Labute approximate surface area is 107 Å². The molecule has 1 heterocycles. The van der Waals surface area contributed by atoms with Gasteiger partial charge in [-0.05, 0) is 38.1 Å². The summed E-state index contributed by atoms with van der Waals surface area (Å²) >= 11 is 0. The number of carbonyl (C=O) groups excluding carboxylic acids is 1. The van der Waals surface area contributed by atoms with Gasteiger partial charge in [0.2, 0.25) is 0 Å². The summed E-state index contributed by atoms with van der Waals surface area (Å²) in [6.07, 6.45) is 5.54. The number of methoxy groups -OCH3 is 1. The maximum atomic E-state index is 12.5. The SMILES string of the molecule is COc1cnn(C)c1C(=O)C1CCC(CN)CC1. The molecule has 5 nitrogen and oxygen atoms in total. The molecule has 0 spiro atoms. The van der Waals surface area contributed by atoms with Crippen molar-refractivity contribution in [2.24, 2.45) is 24.6 Å². The molecule has 100 valence electrons. The van der Waals surface area contributed by atoms with Gasteiger partial charge >= 0.3 is 0 Å². The number of nitrogens with two attached hydrogens (primary N) is 1. The number of carbonyl (C=O) groups is 1. The first kappa shape index (κ1) is 13.1. The molecule has 1 fully saturated rings. The van der Waals surface area contributed by atoms with E-state index < -0.39 is 0 Å². The second-order valence-electron chi connectivity index (χ2n) is 5.00. The maximum absolute atomic E-state index is 12.5. The molecule has 2 rings (SSSR count). The van der Waals surface area contributed by atoms with Crippen LogP contribution in [0.5, 0.6) is 5.75 Å². The Morgan fingerprint density at radius 2 is 2.17 bits per heavy atom. The van der Waals surface area contributed by atoms with Crippen LogP contribution in [0.1, 0.15) is 36.2 Å². The second-order valence-corrected chi connectivity index (χ2v) is 5.00. The smallest absolute Gasteiger partial charge is 0.187 e. The third kappa shape index (κ3) is 2.41. The van der Waals surface area contributed by atoms with E-state index in [0.29, 0.717) is 17.4 Å². The molecule has 0 radical (unpaired) electrons. The van der Waals surface area contributed by atoms with Gasteiger partial charge in [0.15, 0.2) is 11.5 Å². The summed E-state index contributed by atoms with van der Waals surface area (Å²) in [6, 6.07) is 0. The maximum Gasteiger partial charge on any atom is 0.187 e. The summed E-state index contributed by atoms with van der Waals surface area (Å²) < 4.78 is 6.80. The lowest BCUT2D eigenvalue weighted by Gasteiger charge is -2.26. The first-order valence-electron chi connectivity index (χ1n) is 6.47. The van der Waals surface area contributed by atoms with Crippen LogP contribution in [0, 0.1) is 11.8 Å². The molecule has 0 aromatic carbocycles. The Balaban J connectivity index is 2.10. The van der Waals surface area contributed by atoms with Crippen molar-refractivity contribution in [3.63, 3.8) is 0 Å². The van der Waals surface area contributed by atoms with Crippen LogP contribution >= 0.6 is 0 Å². The fourth-order valence-electron chi connectivity index (χ4n) is 2.70. The highest BCUT2D eigenvalue weighted by atomic mass is 16.5. The van der Waals surface area contributed by atoms with E-state index in [1.165, 1.54) is 0 Å². The van der Waals surface area contributed by atoms with E-state index in [4.69, 9.17) is 10.5 Å². The molecule has 1 saturated carbocycles. The van der Waals surface area contributed by atoms with Crippen molar-refractivity contribution in [3.8, 4) is 5.75 Å². The Morgan fingerprint density at radius 3 is 2.72 bits per heavy atom. The summed E-state index contributed by atoms with van der Waals surface area (Å²) in [5.41, 5.74) is 6.26. The molecule has 1 aliphatic rings. The lowest BCUT2D eigenvalue weighted by Crippen LogP contribution is -2.27. The van der Waals surface area contributed by atoms with E-state index in [1.807, 2.05) is 0 Å². The van der Waals surface area contributed by atoms with Gasteiger partial charge in [0, 0.05) is 13.0 Å². The zero-order chi connectivity index (χ0) is 13.1. The minimum Gasteiger partial charge on any atom is -0.493 e. The number of hydrogen-bond acceptors (Lipinski definition) is 4. The monoisotopic (exact) mass is 251 g/mol. The Bertz CT molecular complexity index is 420. The number of aromatic nitrogens is 2. The molecule has 1 aromatic heterocycles. The van der Waals surface area contributed by atoms with Crippen LogP contribution in [0.4, 0.5) is 0 Å². The van der Waals surface area contributed by atoms with Gasteiger partial charge in [0.1, 0.15) is 5.69 Å². The predicted octanol–water partition coefficient (Wildman–Crippen LogP) is 1.38. The molecule has 5 heteroatoms. The zero-order valence-corrected chi connectivity index (χ0v) is 11.1. The average molecular weight is 251 g/mol. The molecule has 0 aliphatic heterocycles. The van der Waals surface area contributed by atoms with E-state index in [2.05, 4.69) is 5.10 Å². The number of ketones is 1. The summed E-state index contributed by atoms with van der Waals surface area (Å²) in [5, 5.41) is 4.09. The van der Waals surface area contributed by atoms with E-state index in [-0.39, 0.29) is 11.7 Å². The molecule has 1 aromatic rings. The van der Waals surface area contributed by atoms with Gasteiger partial charge in [-0.25, -0.2) is 0 Å². The number of ether oxygens (including phenoxy) is 1. The summed E-state index contributed by atoms with van der Waals surface area (Å²) in [5.74, 6) is 1.41. The van der Waals surface area contributed by atoms with Gasteiger partial charge in [-0.1, -0.05) is 0 Å². The lowest BCUT2D eigenvalue weighted by molar-refractivity contribution is 0.0860. The van der Waals surface area contributed by atoms with Crippen LogP contribution in [0.15, 0.2) is 6.20 Å². The van der Waals surface area contributed by atoms with Crippen molar-refractivity contribution in [1.82, 2.24) is 9.78 Å². The van der Waals surface area contributed by atoms with Gasteiger partial charge in [-0.3, -0.25) is 9.48 Å². The quantitative estimate of drug-likeness (QED) is 0.821. The van der Waals surface area contributed by atoms with Crippen molar-refractivity contribution in [2.45, 2.75) is 25.7 Å². The zero-order valence-electron chi connectivity index (χ0n) is 11.1. The number of Topliss-reactive ketones (excluding diaryl/α,β-unsaturated/α-hetero) is 1. The minimum atomic E-state index is 0.0945. The Morgan fingerprint density at radius 1 is 1.50 bits per heavy atom. The van der Waals surface area contributed by atoms with Crippen LogP contribution in [0.3, 0.4) is 0 Å². The third-order valence-corrected chi connectivity index (χ3v) is 3.91. The standard InChI is InChI=1S/C13H21N3O2/c1-16-12(11(18-2)8-15-16)13(17)10-5-3-9(7-14)4-6-10/h8-10H,3-7,14H2,1-2H3. The summed E-state index contributed by atoms with van der Waals surface area (Å²) in [7, 11) is 3.35. The van der Waals surface area contributed by atoms with Crippen molar-refractivity contribution >= 4 is 5.78 Å². The predicted molar refractivity (Wildman–Crippen MR) is 68.6 cm³/mol. The van der Waals surface area contributed by atoms with Crippen LogP contribution in [-0.4, -0.2) is 29.2 Å². The molecule has 18 heavy (non-hydrogen) atoms. The molecule has 0 atom stereocenters. The molecule has 1 aliphatic carbocycles. The number of rotatable bonds is 4. The van der Waals surface area contributed by atoms with E-state index in [0.717, 1.165) is 32.2 Å². The van der Waals surface area contributed by atoms with Gasteiger partial charge < -0.3 is 10.5 Å². The minimum absolute atomic E-state index is 0.0945. The van der Waals surface area contributed by atoms with Gasteiger partial charge in [-0.15, -0.1) is 0 Å². The summed E-state index contributed by atoms with van der Waals surface area (Å²) in [4.78, 5) is 12.5. The van der Waals surface area contributed by atoms with E-state index in [1.54, 1.807) is 25.0 Å². The molecule has 2 N–H and O–H groups in total. The Hall–Kier alpha value is -1.36. The van der Waals surface area contributed by atoms with Crippen molar-refractivity contribution in [1.29, 1.82) is 0 Å². The topological polar surface area (TPSA) is 70.1 Å². The summed E-state index contributed by atoms with van der Waals surface area (Å²) in [6.45, 7) is 0.732. The van der Waals surface area contributed by atoms with Crippen molar-refractivity contribution < 1.29 is 9.53 Å². The molecule has 0 amide bonds.